The van der Waals surface area contributed by atoms with E-state index in [1.165, 1.54) is 25.1 Å². The Hall–Kier alpha value is -3.18. The van der Waals surface area contributed by atoms with Crippen molar-refractivity contribution in [3.63, 3.8) is 0 Å². The van der Waals surface area contributed by atoms with Gasteiger partial charge in [0.05, 0.1) is 16.4 Å². The zero-order valence-corrected chi connectivity index (χ0v) is 20.1. The van der Waals surface area contributed by atoms with Gasteiger partial charge in [-0.25, -0.2) is 4.79 Å². The number of benzene rings is 2. The predicted octanol–water partition coefficient (Wildman–Crippen LogP) is 4.92. The lowest BCUT2D eigenvalue weighted by Crippen LogP contribution is -2.42. The minimum Gasteiger partial charge on any atom is -0.488 e. The molecule has 1 aliphatic heterocycles. The second kappa shape index (κ2) is 10.6. The number of nitro groups is 1. The minimum atomic E-state index is -1.05. The van der Waals surface area contributed by atoms with Crippen molar-refractivity contribution in [2.24, 2.45) is 0 Å². The minimum absolute atomic E-state index is 0.0449. The van der Waals surface area contributed by atoms with Gasteiger partial charge in [-0.3, -0.25) is 24.6 Å². The van der Waals surface area contributed by atoms with E-state index in [2.05, 4.69) is 15.9 Å². The van der Waals surface area contributed by atoms with Crippen molar-refractivity contribution < 1.29 is 28.8 Å². The van der Waals surface area contributed by atoms with Crippen molar-refractivity contribution in [3.05, 3.63) is 73.1 Å². The molecule has 172 valence electrons. The lowest BCUT2D eigenvalue weighted by molar-refractivity contribution is -0.384. The highest BCUT2D eigenvalue weighted by atomic mass is 79.9. The van der Waals surface area contributed by atoms with Gasteiger partial charge in [-0.15, -0.1) is 0 Å². The Morgan fingerprint density at radius 2 is 2.03 bits per heavy atom. The molecule has 1 fully saturated rings. The molecule has 11 heteroatoms. The fourth-order valence-electron chi connectivity index (χ4n) is 3.01. The molecule has 0 aliphatic carbocycles. The van der Waals surface area contributed by atoms with Crippen LogP contribution in [0.4, 0.5) is 10.5 Å². The van der Waals surface area contributed by atoms with Crippen molar-refractivity contribution in [1.29, 1.82) is 0 Å². The van der Waals surface area contributed by atoms with Gasteiger partial charge in [-0.1, -0.05) is 28.1 Å². The first-order valence-electron chi connectivity index (χ1n) is 9.80. The molecule has 3 rings (SSSR count). The van der Waals surface area contributed by atoms with Crippen LogP contribution in [0.3, 0.4) is 0 Å². The molecule has 1 saturated heterocycles. The number of halogens is 1. The number of ether oxygens (including phenoxy) is 2. The van der Waals surface area contributed by atoms with Crippen LogP contribution in [0, 0.1) is 10.1 Å². The summed E-state index contributed by atoms with van der Waals surface area (Å²) in [5.74, 6) is -0.852. The molecular formula is C22H19BrN2O7S. The SMILES string of the molecule is CCOC(=O)[C@@H](C)N1C(=O)S/C(=C/c2cc(Br)ccc2OCc2cccc([N+](=O)[O-])c2)C1=O. The van der Waals surface area contributed by atoms with E-state index in [-0.39, 0.29) is 23.8 Å². The Labute approximate surface area is 202 Å². The van der Waals surface area contributed by atoms with Crippen LogP contribution in [0.5, 0.6) is 5.75 Å². The topological polar surface area (TPSA) is 116 Å². The molecule has 2 aromatic rings. The van der Waals surface area contributed by atoms with Gasteiger partial charge in [0.15, 0.2) is 0 Å². The summed E-state index contributed by atoms with van der Waals surface area (Å²) in [7, 11) is 0. The van der Waals surface area contributed by atoms with Gasteiger partial charge in [0.1, 0.15) is 18.4 Å². The number of nitro benzene ring substituents is 1. The fourth-order valence-corrected chi connectivity index (χ4v) is 4.29. The van der Waals surface area contributed by atoms with Crippen LogP contribution >= 0.6 is 27.7 Å². The first kappa shape index (κ1) is 24.5. The molecule has 0 radical (unpaired) electrons. The summed E-state index contributed by atoms with van der Waals surface area (Å²) < 4.78 is 11.5. The second-order valence-corrected chi connectivity index (χ2v) is 8.79. The molecule has 0 saturated carbocycles. The van der Waals surface area contributed by atoms with Crippen LogP contribution in [0.15, 0.2) is 51.8 Å². The summed E-state index contributed by atoms with van der Waals surface area (Å²) >= 11 is 4.10. The van der Waals surface area contributed by atoms with E-state index < -0.39 is 28.1 Å². The normalized spacial score (nSPS) is 15.6. The molecule has 0 spiro atoms. The van der Waals surface area contributed by atoms with Gasteiger partial charge in [-0.2, -0.15) is 0 Å². The molecule has 0 N–H and O–H groups in total. The maximum Gasteiger partial charge on any atom is 0.329 e. The van der Waals surface area contributed by atoms with Gasteiger partial charge >= 0.3 is 5.97 Å². The average molecular weight is 535 g/mol. The molecule has 1 aliphatic rings. The van der Waals surface area contributed by atoms with E-state index in [0.29, 0.717) is 16.9 Å². The van der Waals surface area contributed by atoms with Gasteiger partial charge < -0.3 is 9.47 Å². The van der Waals surface area contributed by atoms with Crippen molar-refractivity contribution >= 4 is 56.6 Å². The Morgan fingerprint density at radius 3 is 2.73 bits per heavy atom. The van der Waals surface area contributed by atoms with E-state index in [9.17, 15) is 24.5 Å². The van der Waals surface area contributed by atoms with Crippen LogP contribution in [0.25, 0.3) is 6.08 Å². The number of thioether (sulfide) groups is 1. The summed E-state index contributed by atoms with van der Waals surface area (Å²) in [4.78, 5) is 48.8. The van der Waals surface area contributed by atoms with Gasteiger partial charge in [0.25, 0.3) is 16.8 Å². The van der Waals surface area contributed by atoms with E-state index in [0.717, 1.165) is 21.1 Å². The molecule has 2 amide bonds. The van der Waals surface area contributed by atoms with Crippen molar-refractivity contribution in [2.75, 3.05) is 6.61 Å². The van der Waals surface area contributed by atoms with Crippen LogP contribution in [0.2, 0.25) is 0 Å². The summed E-state index contributed by atoms with van der Waals surface area (Å²) in [6, 6.07) is 10.2. The highest BCUT2D eigenvalue weighted by Crippen LogP contribution is 2.36. The summed E-state index contributed by atoms with van der Waals surface area (Å²) in [6.07, 6.45) is 1.51. The molecule has 0 unspecified atom stereocenters. The third-order valence-electron chi connectivity index (χ3n) is 4.61. The molecule has 1 atom stereocenters. The average Bonchev–Trinajstić information content (AvgIpc) is 3.05. The third-order valence-corrected chi connectivity index (χ3v) is 5.99. The number of hydrogen-bond donors (Lipinski definition) is 0. The lowest BCUT2D eigenvalue weighted by atomic mass is 10.1. The number of rotatable bonds is 8. The van der Waals surface area contributed by atoms with Crippen LogP contribution in [-0.2, 0) is 20.9 Å². The Morgan fingerprint density at radius 1 is 1.27 bits per heavy atom. The van der Waals surface area contributed by atoms with Crippen molar-refractivity contribution in [1.82, 2.24) is 4.90 Å². The quantitative estimate of drug-likeness (QED) is 0.202. The third kappa shape index (κ3) is 5.79. The Kier molecular flexibility index (Phi) is 7.88. The molecule has 33 heavy (non-hydrogen) atoms. The van der Waals surface area contributed by atoms with Crippen LogP contribution in [-0.4, -0.2) is 39.6 Å². The van der Waals surface area contributed by atoms with E-state index in [1.54, 1.807) is 37.3 Å². The Bertz CT molecular complexity index is 1150. The molecule has 0 aromatic heterocycles. The van der Waals surface area contributed by atoms with Crippen LogP contribution in [0.1, 0.15) is 25.0 Å². The highest BCUT2D eigenvalue weighted by Gasteiger charge is 2.41. The second-order valence-electron chi connectivity index (χ2n) is 6.88. The van der Waals surface area contributed by atoms with Gasteiger partial charge in [-0.05, 0) is 55.4 Å². The number of esters is 1. The largest absolute Gasteiger partial charge is 0.488 e. The molecule has 1 heterocycles. The number of amides is 2. The van der Waals surface area contributed by atoms with E-state index in [1.807, 2.05) is 0 Å². The summed E-state index contributed by atoms with van der Waals surface area (Å²) in [5.41, 5.74) is 1.07. The summed E-state index contributed by atoms with van der Waals surface area (Å²) in [5, 5.41) is 10.4. The number of carbonyl (C=O) groups excluding carboxylic acids is 3. The maximum atomic E-state index is 12.8. The first-order valence-corrected chi connectivity index (χ1v) is 11.4. The monoisotopic (exact) mass is 534 g/mol. The van der Waals surface area contributed by atoms with Gasteiger partial charge in [0, 0.05) is 22.2 Å². The van der Waals surface area contributed by atoms with Crippen molar-refractivity contribution in [2.45, 2.75) is 26.5 Å². The predicted molar refractivity (Wildman–Crippen MR) is 125 cm³/mol. The van der Waals surface area contributed by atoms with E-state index in [4.69, 9.17) is 9.47 Å². The lowest BCUT2D eigenvalue weighted by Gasteiger charge is -2.19. The molecule has 9 nitrogen and oxygen atoms in total. The molecular weight excluding hydrogens is 516 g/mol. The number of nitrogens with zero attached hydrogens (tertiary/aromatic N) is 2. The van der Waals surface area contributed by atoms with Gasteiger partial charge in [0.2, 0.25) is 0 Å². The molecule has 0 bridgehead atoms. The Balaban J connectivity index is 1.84. The fraction of sp³-hybridized carbons (Fsp3) is 0.227. The zero-order valence-electron chi connectivity index (χ0n) is 17.6. The van der Waals surface area contributed by atoms with Crippen LogP contribution < -0.4 is 4.74 Å². The van der Waals surface area contributed by atoms with E-state index >= 15 is 0 Å². The van der Waals surface area contributed by atoms with Crippen molar-refractivity contribution in [3.8, 4) is 5.75 Å². The first-order chi connectivity index (χ1) is 15.7. The number of non-ortho nitro benzene ring substituents is 1. The molecule has 2 aromatic carbocycles. The zero-order chi connectivity index (χ0) is 24.1. The number of hydrogen-bond acceptors (Lipinski definition) is 8. The number of carbonyl (C=O) groups is 3. The maximum absolute atomic E-state index is 12.8. The number of imide groups is 1. The highest BCUT2D eigenvalue weighted by molar-refractivity contribution is 9.10. The summed E-state index contributed by atoms with van der Waals surface area (Å²) in [6.45, 7) is 3.27. The standard InChI is InChI=1S/C22H19BrN2O7S/c1-3-31-21(27)13(2)24-20(26)19(33-22(24)28)11-15-10-16(23)7-8-18(15)32-12-14-5-4-6-17(9-14)25(29)30/h4-11,13H,3,12H2,1-2H3/b19-11+/t13-/m1/s1. The smallest absolute Gasteiger partial charge is 0.329 e.